The van der Waals surface area contributed by atoms with Gasteiger partial charge in [0.2, 0.25) is 0 Å². The first-order valence-electron chi connectivity index (χ1n) is 14.2. The minimum Gasteiger partial charge on any atom is -0.496 e. The van der Waals surface area contributed by atoms with Crippen molar-refractivity contribution in [2.45, 2.75) is 26.8 Å². The lowest BCUT2D eigenvalue weighted by Crippen LogP contribution is -2.43. The lowest BCUT2D eigenvalue weighted by atomic mass is 9.90. The summed E-state index contributed by atoms with van der Waals surface area (Å²) in [5, 5.41) is 2.67. The monoisotopic (exact) mass is 645 g/mol. The Labute approximate surface area is 267 Å². The number of benzene rings is 3. The maximum absolute atomic E-state index is 14.3. The number of hydrogen-bond acceptors (Lipinski definition) is 6. The van der Waals surface area contributed by atoms with Gasteiger partial charge in [0.05, 0.1) is 33.0 Å². The second-order valence-electron chi connectivity index (χ2n) is 10.3. The molecule has 1 aliphatic rings. The number of nitrogens with zero attached hydrogens (tertiary/aromatic N) is 3. The summed E-state index contributed by atoms with van der Waals surface area (Å²) >= 11 is 13.9. The van der Waals surface area contributed by atoms with Crippen LogP contribution in [0.2, 0.25) is 10.0 Å². The molecule has 0 saturated heterocycles. The number of aromatic nitrogens is 1. The Kier molecular flexibility index (Phi) is 8.24. The highest BCUT2D eigenvalue weighted by Crippen LogP contribution is 2.40. The zero-order valence-electron chi connectivity index (χ0n) is 24.6. The number of furan rings is 1. The van der Waals surface area contributed by atoms with E-state index in [1.807, 2.05) is 63.2 Å². The normalized spacial score (nSPS) is 15.0. The number of allylic oxidation sites excluding steroid dienone is 1. The summed E-state index contributed by atoms with van der Waals surface area (Å²) in [7, 11) is 1.60. The summed E-state index contributed by atoms with van der Waals surface area (Å²) in [6.45, 7) is 6.75. The van der Waals surface area contributed by atoms with Gasteiger partial charge in [0.15, 0.2) is 4.80 Å². The summed E-state index contributed by atoms with van der Waals surface area (Å²) in [6.07, 6.45) is 1.69. The van der Waals surface area contributed by atoms with Crippen LogP contribution in [0, 0.1) is 0 Å². The molecule has 0 bridgehead atoms. The van der Waals surface area contributed by atoms with Crippen LogP contribution in [0.5, 0.6) is 5.75 Å². The number of carbonyl (C=O) groups excluding carboxylic acids is 1. The number of likely N-dealkylation sites (N-methyl/N-ethyl adjacent to an activating group) is 1. The van der Waals surface area contributed by atoms with Crippen molar-refractivity contribution >= 4 is 57.3 Å². The predicted octanol–water partition coefficient (Wildman–Crippen LogP) is 6.83. The van der Waals surface area contributed by atoms with E-state index in [1.54, 1.807) is 46.9 Å². The molecule has 0 saturated carbocycles. The number of methoxy groups -OCH3 is 1. The second-order valence-corrected chi connectivity index (χ2v) is 12.1. The van der Waals surface area contributed by atoms with E-state index in [-0.39, 0.29) is 11.5 Å². The molecule has 2 aromatic heterocycles. The maximum atomic E-state index is 14.3. The predicted molar refractivity (Wildman–Crippen MR) is 176 cm³/mol. The van der Waals surface area contributed by atoms with E-state index in [9.17, 15) is 9.59 Å². The van der Waals surface area contributed by atoms with Crippen molar-refractivity contribution in [2.75, 3.05) is 20.2 Å². The van der Waals surface area contributed by atoms with Crippen molar-refractivity contribution < 1.29 is 13.9 Å². The Morgan fingerprint density at radius 3 is 2.59 bits per heavy atom. The van der Waals surface area contributed by atoms with Gasteiger partial charge in [0, 0.05) is 30.3 Å². The van der Waals surface area contributed by atoms with Gasteiger partial charge in [-0.15, -0.1) is 0 Å². The van der Waals surface area contributed by atoms with E-state index in [4.69, 9.17) is 37.3 Å². The number of thiazole rings is 1. The van der Waals surface area contributed by atoms with Crippen LogP contribution < -0.4 is 19.6 Å². The Bertz CT molecular complexity index is 2140. The number of hydrogen-bond donors (Lipinski definition) is 0. The number of halogens is 2. The third kappa shape index (κ3) is 5.07. The summed E-state index contributed by atoms with van der Waals surface area (Å²) in [5.41, 5.74) is 2.10. The highest BCUT2D eigenvalue weighted by Gasteiger charge is 2.36. The van der Waals surface area contributed by atoms with E-state index in [0.717, 1.165) is 16.3 Å². The lowest BCUT2D eigenvalue weighted by Gasteiger charge is -2.30. The van der Waals surface area contributed by atoms with Crippen LogP contribution in [0.1, 0.15) is 38.1 Å². The zero-order valence-corrected chi connectivity index (χ0v) is 26.9. The number of ether oxygens (including phenoxy) is 1. The smallest absolute Gasteiger partial charge is 0.271 e. The van der Waals surface area contributed by atoms with E-state index in [0.29, 0.717) is 66.6 Å². The van der Waals surface area contributed by atoms with Crippen LogP contribution in [-0.2, 0) is 4.79 Å². The summed E-state index contributed by atoms with van der Waals surface area (Å²) in [5.74, 6) is 1.41. The SMILES string of the molecule is CCN(CC)C(=O)C1=C(C)N=c2s/c(=C/c3ccc(-c4cccc(Cl)c4Cl)o3)c(=O)n2[C@H]1c1c(OC)ccc2ccccc12. The summed E-state index contributed by atoms with van der Waals surface area (Å²) in [4.78, 5) is 35.5. The fourth-order valence-corrected chi connectivity index (χ4v) is 7.10. The molecule has 1 amide bonds. The molecular weight excluding hydrogens is 617 g/mol. The van der Waals surface area contributed by atoms with Gasteiger partial charge in [0.25, 0.3) is 11.5 Å². The molecule has 0 radical (unpaired) electrons. The Hall–Kier alpha value is -4.11. The molecule has 0 spiro atoms. The van der Waals surface area contributed by atoms with Crippen molar-refractivity contribution in [3.63, 3.8) is 0 Å². The van der Waals surface area contributed by atoms with Crippen molar-refractivity contribution in [1.82, 2.24) is 9.47 Å². The first-order chi connectivity index (χ1) is 21.3. The van der Waals surface area contributed by atoms with E-state index in [1.165, 1.54) is 11.3 Å². The molecule has 0 fully saturated rings. The molecule has 0 unspecified atom stereocenters. The Morgan fingerprint density at radius 2 is 1.84 bits per heavy atom. The van der Waals surface area contributed by atoms with Crippen LogP contribution in [-0.4, -0.2) is 35.6 Å². The van der Waals surface area contributed by atoms with E-state index < -0.39 is 6.04 Å². The molecule has 3 aromatic carbocycles. The van der Waals surface area contributed by atoms with Crippen LogP contribution in [0.4, 0.5) is 0 Å². The lowest BCUT2D eigenvalue weighted by molar-refractivity contribution is -0.127. The maximum Gasteiger partial charge on any atom is 0.271 e. The molecule has 0 aliphatic carbocycles. The van der Waals surface area contributed by atoms with Crippen LogP contribution >= 0.6 is 34.5 Å². The third-order valence-corrected chi connectivity index (χ3v) is 9.65. The molecule has 10 heteroatoms. The van der Waals surface area contributed by atoms with Gasteiger partial charge in [-0.05, 0) is 61.9 Å². The van der Waals surface area contributed by atoms with Gasteiger partial charge in [-0.1, -0.05) is 70.9 Å². The fourth-order valence-electron chi connectivity index (χ4n) is 5.68. The van der Waals surface area contributed by atoms with Crippen molar-refractivity contribution in [2.24, 2.45) is 4.99 Å². The average Bonchev–Trinajstić information content (AvgIpc) is 3.61. The molecular formula is C34H29Cl2N3O4S. The first-order valence-corrected chi connectivity index (χ1v) is 15.8. The summed E-state index contributed by atoms with van der Waals surface area (Å²) in [6, 6.07) is 19.9. The highest BCUT2D eigenvalue weighted by atomic mass is 35.5. The Balaban J connectivity index is 1.58. The number of rotatable bonds is 7. The van der Waals surface area contributed by atoms with Crippen LogP contribution in [0.25, 0.3) is 28.2 Å². The minimum atomic E-state index is -0.764. The summed E-state index contributed by atoms with van der Waals surface area (Å²) < 4.78 is 14.0. The van der Waals surface area contributed by atoms with Crippen LogP contribution in [0.3, 0.4) is 0 Å². The number of amides is 1. The molecule has 5 aromatic rings. The van der Waals surface area contributed by atoms with Gasteiger partial charge in [0.1, 0.15) is 23.3 Å². The molecule has 1 atom stereocenters. The standard InChI is InChI=1S/C34H29Cl2N3O4S/c1-5-38(6-2)33(41)28-19(3)37-34-39(31(28)29-22-11-8-7-10-20(22)14-16-26(29)42-4)32(40)27(44-34)18-21-15-17-25(43-21)23-12-9-13-24(35)30(23)36/h7-18,31H,5-6H2,1-4H3/b27-18+/t31-/m1/s1. The van der Waals surface area contributed by atoms with Crippen molar-refractivity contribution in [1.29, 1.82) is 0 Å². The second kappa shape index (κ2) is 12.1. The van der Waals surface area contributed by atoms with Crippen molar-refractivity contribution in [3.05, 3.63) is 119 Å². The molecule has 6 rings (SSSR count). The van der Waals surface area contributed by atoms with Gasteiger partial charge < -0.3 is 14.1 Å². The largest absolute Gasteiger partial charge is 0.496 e. The zero-order chi connectivity index (χ0) is 31.1. The molecule has 7 nitrogen and oxygen atoms in total. The van der Waals surface area contributed by atoms with Gasteiger partial charge >= 0.3 is 0 Å². The number of carbonyl (C=O) groups is 1. The molecule has 3 heterocycles. The molecule has 44 heavy (non-hydrogen) atoms. The highest BCUT2D eigenvalue weighted by molar-refractivity contribution is 7.07. The van der Waals surface area contributed by atoms with E-state index >= 15 is 0 Å². The van der Waals surface area contributed by atoms with Gasteiger partial charge in [-0.3, -0.25) is 14.2 Å². The van der Waals surface area contributed by atoms with Crippen LogP contribution in [0.15, 0.2) is 92.2 Å². The minimum absolute atomic E-state index is 0.167. The third-order valence-electron chi connectivity index (χ3n) is 7.84. The van der Waals surface area contributed by atoms with E-state index in [2.05, 4.69) is 0 Å². The number of fused-ring (bicyclic) bond motifs is 2. The van der Waals surface area contributed by atoms with Gasteiger partial charge in [-0.25, -0.2) is 4.99 Å². The first kappa shape index (κ1) is 29.9. The van der Waals surface area contributed by atoms with Crippen molar-refractivity contribution in [3.8, 4) is 17.1 Å². The Morgan fingerprint density at radius 1 is 1.07 bits per heavy atom. The molecule has 224 valence electrons. The molecule has 0 N–H and O–H groups in total. The fraction of sp³-hybridized carbons (Fsp3) is 0.206. The average molecular weight is 647 g/mol. The topological polar surface area (TPSA) is 77.0 Å². The van der Waals surface area contributed by atoms with Gasteiger partial charge in [-0.2, -0.15) is 0 Å². The quantitative estimate of drug-likeness (QED) is 0.194. The molecule has 1 aliphatic heterocycles.